The van der Waals surface area contributed by atoms with Crippen LogP contribution in [0.25, 0.3) is 11.3 Å². The molecule has 6 bridgehead atoms. The first kappa shape index (κ1) is 27.4. The summed E-state index contributed by atoms with van der Waals surface area (Å²) in [6, 6.07) is 18.5. The Hall–Kier alpha value is -5.15. The molecule has 9 nitrogen and oxygen atoms in total. The van der Waals surface area contributed by atoms with E-state index in [2.05, 4.69) is 32.2 Å². The highest BCUT2D eigenvalue weighted by Crippen LogP contribution is 2.26. The van der Waals surface area contributed by atoms with Gasteiger partial charge in [-0.05, 0) is 72.2 Å². The zero-order chi connectivity index (χ0) is 28.4. The summed E-state index contributed by atoms with van der Waals surface area (Å²) < 4.78 is 11.7. The molecule has 2 N–H and O–H groups in total. The smallest absolute Gasteiger partial charge is 0.274 e. The molecular weight excluding hydrogens is 518 g/mol. The van der Waals surface area contributed by atoms with E-state index in [4.69, 9.17) is 9.47 Å². The molecule has 4 aromatic rings. The number of benzene rings is 2. The SMILES string of the molecule is C=CC(=O)Cc1ccnc(C(=O)Nc2cc3cc(c2)Nc2nccc(n2)-c2cccc(c2)OCC/C=C/COC3)c1. The Morgan fingerprint density at radius 3 is 2.83 bits per heavy atom. The number of carbonyl (C=O) groups excluding carboxylic acids is 2. The topological polar surface area (TPSA) is 115 Å². The van der Waals surface area contributed by atoms with E-state index in [9.17, 15) is 9.59 Å². The minimum absolute atomic E-state index is 0.134. The molecule has 0 saturated carbocycles. The highest BCUT2D eigenvalue weighted by atomic mass is 16.5. The van der Waals surface area contributed by atoms with E-state index >= 15 is 0 Å². The third kappa shape index (κ3) is 7.71. The van der Waals surface area contributed by atoms with Crippen LogP contribution in [0.1, 0.15) is 28.0 Å². The molecule has 0 spiro atoms. The summed E-state index contributed by atoms with van der Waals surface area (Å²) in [5, 5.41) is 6.16. The lowest BCUT2D eigenvalue weighted by molar-refractivity contribution is -0.114. The highest BCUT2D eigenvalue weighted by Gasteiger charge is 2.12. The standard InChI is InChI=1S/C32H29N5O4/c1-2-27(38)17-22-9-11-33-30(18-22)31(39)35-25-15-23-16-26(20-25)36-32-34-12-10-29(37-32)24-7-6-8-28(19-24)41-14-5-3-4-13-40-21-23/h2-4,6-12,15-16,18-20H,1,5,13-14,17,21H2,(H,35,39)(H,34,36,37)/b4-3+. The molecule has 2 aromatic carbocycles. The van der Waals surface area contributed by atoms with E-state index in [0.717, 1.165) is 29.0 Å². The van der Waals surface area contributed by atoms with E-state index in [1.807, 2.05) is 54.6 Å². The predicted octanol–water partition coefficient (Wildman–Crippen LogP) is 5.69. The van der Waals surface area contributed by atoms with Crippen molar-refractivity contribution in [3.63, 3.8) is 0 Å². The molecule has 5 rings (SSSR count). The van der Waals surface area contributed by atoms with Crippen LogP contribution in [-0.2, 0) is 22.6 Å². The molecule has 1 amide bonds. The third-order valence-electron chi connectivity index (χ3n) is 6.16. The second-order valence-corrected chi connectivity index (χ2v) is 9.31. The second-order valence-electron chi connectivity index (χ2n) is 9.31. The number of ketones is 1. The van der Waals surface area contributed by atoms with Crippen LogP contribution in [0.5, 0.6) is 5.75 Å². The van der Waals surface area contributed by atoms with Crippen LogP contribution < -0.4 is 15.4 Å². The summed E-state index contributed by atoms with van der Waals surface area (Å²) in [6.45, 7) is 4.80. The fourth-order valence-electron chi connectivity index (χ4n) is 4.23. The van der Waals surface area contributed by atoms with Gasteiger partial charge in [-0.25, -0.2) is 9.97 Å². The van der Waals surface area contributed by atoms with E-state index in [1.165, 1.54) is 12.3 Å². The van der Waals surface area contributed by atoms with Crippen molar-refractivity contribution >= 4 is 29.0 Å². The zero-order valence-corrected chi connectivity index (χ0v) is 22.4. The van der Waals surface area contributed by atoms with Crippen LogP contribution in [0.15, 0.2) is 97.9 Å². The summed E-state index contributed by atoms with van der Waals surface area (Å²) in [5.74, 6) is 0.626. The maximum Gasteiger partial charge on any atom is 0.274 e. The molecule has 3 heterocycles. The van der Waals surface area contributed by atoms with Gasteiger partial charge in [0.15, 0.2) is 5.78 Å². The quantitative estimate of drug-likeness (QED) is 0.242. The molecule has 206 valence electrons. The fourth-order valence-corrected chi connectivity index (χ4v) is 4.23. The predicted molar refractivity (Wildman–Crippen MR) is 157 cm³/mol. The van der Waals surface area contributed by atoms with Gasteiger partial charge in [0.1, 0.15) is 11.4 Å². The molecule has 2 aromatic heterocycles. The number of allylic oxidation sites excluding steroid dienone is 1. The highest BCUT2D eigenvalue weighted by molar-refractivity contribution is 6.03. The zero-order valence-electron chi connectivity index (χ0n) is 22.4. The summed E-state index contributed by atoms with van der Waals surface area (Å²) in [4.78, 5) is 38.1. The number of carbonyl (C=O) groups is 2. The largest absolute Gasteiger partial charge is 0.493 e. The average Bonchev–Trinajstić information content (AvgIpc) is 2.98. The molecule has 0 atom stereocenters. The maximum atomic E-state index is 13.1. The molecule has 0 fully saturated rings. The Kier molecular flexibility index (Phi) is 8.88. The number of nitrogens with zero attached hydrogens (tertiary/aromatic N) is 3. The van der Waals surface area contributed by atoms with E-state index in [1.54, 1.807) is 24.4 Å². The van der Waals surface area contributed by atoms with Crippen molar-refractivity contribution in [3.05, 3.63) is 115 Å². The van der Waals surface area contributed by atoms with Crippen molar-refractivity contribution < 1.29 is 19.1 Å². The first-order chi connectivity index (χ1) is 20.1. The number of fused-ring (bicyclic) bond motifs is 7. The summed E-state index contributed by atoms with van der Waals surface area (Å²) in [7, 11) is 0. The van der Waals surface area contributed by atoms with Crippen molar-refractivity contribution in [3.8, 4) is 17.0 Å². The van der Waals surface area contributed by atoms with Gasteiger partial charge in [0.2, 0.25) is 5.95 Å². The Morgan fingerprint density at radius 2 is 1.93 bits per heavy atom. The summed E-state index contributed by atoms with van der Waals surface area (Å²) in [5.41, 5.74) is 4.58. The minimum Gasteiger partial charge on any atom is -0.493 e. The van der Waals surface area contributed by atoms with Crippen molar-refractivity contribution in [2.24, 2.45) is 0 Å². The lowest BCUT2D eigenvalue weighted by Crippen LogP contribution is -2.15. The van der Waals surface area contributed by atoms with E-state index in [-0.39, 0.29) is 17.9 Å². The van der Waals surface area contributed by atoms with Gasteiger partial charge < -0.3 is 20.1 Å². The van der Waals surface area contributed by atoms with Crippen LogP contribution >= 0.6 is 0 Å². The molecule has 0 saturated heterocycles. The van der Waals surface area contributed by atoms with Crippen molar-refractivity contribution in [2.75, 3.05) is 23.8 Å². The van der Waals surface area contributed by atoms with Gasteiger partial charge in [-0.1, -0.05) is 30.9 Å². The van der Waals surface area contributed by atoms with Crippen LogP contribution in [0, 0.1) is 0 Å². The number of aromatic nitrogens is 3. The number of hydrogen-bond donors (Lipinski definition) is 2. The number of anilines is 3. The van der Waals surface area contributed by atoms with Gasteiger partial charge in [0.05, 0.1) is 25.5 Å². The normalized spacial score (nSPS) is 13.9. The maximum absolute atomic E-state index is 13.1. The lowest BCUT2D eigenvalue weighted by atomic mass is 10.1. The number of amides is 1. The average molecular weight is 548 g/mol. The lowest BCUT2D eigenvalue weighted by Gasteiger charge is -2.13. The van der Waals surface area contributed by atoms with Crippen LogP contribution in [0.4, 0.5) is 17.3 Å². The van der Waals surface area contributed by atoms with Crippen molar-refractivity contribution in [1.82, 2.24) is 15.0 Å². The van der Waals surface area contributed by atoms with Crippen LogP contribution in [0.2, 0.25) is 0 Å². The minimum atomic E-state index is -0.403. The van der Waals surface area contributed by atoms with Gasteiger partial charge in [-0.2, -0.15) is 0 Å². The molecule has 1 aliphatic heterocycles. The monoisotopic (exact) mass is 547 g/mol. The van der Waals surface area contributed by atoms with E-state index in [0.29, 0.717) is 42.7 Å². The first-order valence-electron chi connectivity index (χ1n) is 13.2. The number of rotatable bonds is 5. The number of pyridine rings is 1. The molecule has 9 heteroatoms. The summed E-state index contributed by atoms with van der Waals surface area (Å²) in [6.07, 6.45) is 9.34. The Balaban J connectivity index is 1.42. The number of nitrogens with one attached hydrogen (secondary N) is 2. The fraction of sp³-hybridized carbons (Fsp3) is 0.156. The van der Waals surface area contributed by atoms with Gasteiger partial charge in [-0.15, -0.1) is 0 Å². The molecule has 0 aliphatic carbocycles. The third-order valence-corrected chi connectivity index (χ3v) is 6.16. The molecule has 0 radical (unpaired) electrons. The van der Waals surface area contributed by atoms with E-state index < -0.39 is 5.91 Å². The number of ether oxygens (including phenoxy) is 2. The van der Waals surface area contributed by atoms with Crippen LogP contribution in [-0.4, -0.2) is 39.9 Å². The number of hydrogen-bond acceptors (Lipinski definition) is 8. The second kappa shape index (κ2) is 13.3. The molecule has 0 unspecified atom stereocenters. The summed E-state index contributed by atoms with van der Waals surface area (Å²) >= 11 is 0. The molecule has 1 aliphatic rings. The Labute approximate surface area is 238 Å². The Bertz CT molecular complexity index is 1600. The van der Waals surface area contributed by atoms with Gasteiger partial charge >= 0.3 is 0 Å². The van der Waals surface area contributed by atoms with Gasteiger partial charge in [-0.3, -0.25) is 14.6 Å². The molecular formula is C32H29N5O4. The van der Waals surface area contributed by atoms with Gasteiger partial charge in [0.25, 0.3) is 5.91 Å². The van der Waals surface area contributed by atoms with Crippen molar-refractivity contribution in [1.29, 1.82) is 0 Å². The molecule has 41 heavy (non-hydrogen) atoms. The van der Waals surface area contributed by atoms with Crippen molar-refractivity contribution in [2.45, 2.75) is 19.4 Å². The van der Waals surface area contributed by atoms with Crippen LogP contribution in [0.3, 0.4) is 0 Å². The first-order valence-corrected chi connectivity index (χ1v) is 13.2. The Morgan fingerprint density at radius 1 is 1.02 bits per heavy atom. The van der Waals surface area contributed by atoms with Gasteiger partial charge in [0, 0.05) is 35.8 Å².